The molecule has 0 fully saturated rings. The SMILES string of the molecule is CCCC(=O)Cc1nc(-c2ccncc2)no1. The van der Waals surface area contributed by atoms with Crippen molar-refractivity contribution >= 4 is 5.78 Å². The average Bonchev–Trinajstić information content (AvgIpc) is 2.79. The Labute approximate surface area is 98.9 Å². The van der Waals surface area contributed by atoms with Crippen LogP contribution in [-0.4, -0.2) is 20.9 Å². The lowest BCUT2D eigenvalue weighted by Gasteiger charge is -1.92. The molecule has 0 N–H and O–H groups in total. The molecule has 17 heavy (non-hydrogen) atoms. The van der Waals surface area contributed by atoms with Gasteiger partial charge in [0.15, 0.2) is 0 Å². The molecule has 88 valence electrons. The fraction of sp³-hybridized carbons (Fsp3) is 0.333. The van der Waals surface area contributed by atoms with Crippen LogP contribution in [0.4, 0.5) is 0 Å². The summed E-state index contributed by atoms with van der Waals surface area (Å²) >= 11 is 0. The van der Waals surface area contributed by atoms with E-state index in [1.807, 2.05) is 6.92 Å². The number of pyridine rings is 1. The van der Waals surface area contributed by atoms with Crippen LogP contribution >= 0.6 is 0 Å². The summed E-state index contributed by atoms with van der Waals surface area (Å²) in [5.74, 6) is 0.986. The molecule has 0 aromatic carbocycles. The van der Waals surface area contributed by atoms with Crippen LogP contribution in [0.15, 0.2) is 29.0 Å². The fourth-order valence-corrected chi connectivity index (χ4v) is 1.48. The number of carbonyl (C=O) groups excluding carboxylic acids is 1. The number of ketones is 1. The summed E-state index contributed by atoms with van der Waals surface area (Å²) in [7, 11) is 0. The van der Waals surface area contributed by atoms with Crippen LogP contribution in [0.2, 0.25) is 0 Å². The summed E-state index contributed by atoms with van der Waals surface area (Å²) in [6, 6.07) is 3.59. The van der Waals surface area contributed by atoms with Crippen molar-refractivity contribution in [3.63, 3.8) is 0 Å². The van der Waals surface area contributed by atoms with Crippen LogP contribution in [0, 0.1) is 0 Å². The maximum absolute atomic E-state index is 11.4. The molecule has 0 bridgehead atoms. The summed E-state index contributed by atoms with van der Waals surface area (Å²) in [5.41, 5.74) is 0.831. The van der Waals surface area contributed by atoms with E-state index in [2.05, 4.69) is 15.1 Å². The maximum Gasteiger partial charge on any atom is 0.234 e. The van der Waals surface area contributed by atoms with Crippen molar-refractivity contribution in [3.8, 4) is 11.4 Å². The van der Waals surface area contributed by atoms with E-state index in [0.717, 1.165) is 12.0 Å². The molecule has 0 aliphatic heterocycles. The van der Waals surface area contributed by atoms with Gasteiger partial charge in [0, 0.05) is 24.4 Å². The molecule has 0 aliphatic carbocycles. The van der Waals surface area contributed by atoms with Crippen molar-refractivity contribution in [1.29, 1.82) is 0 Å². The molecule has 2 aromatic rings. The lowest BCUT2D eigenvalue weighted by molar-refractivity contribution is -0.118. The zero-order chi connectivity index (χ0) is 12.1. The molecular formula is C12H13N3O2. The van der Waals surface area contributed by atoms with Gasteiger partial charge in [-0.25, -0.2) is 0 Å². The Morgan fingerprint density at radius 1 is 1.35 bits per heavy atom. The van der Waals surface area contributed by atoms with Gasteiger partial charge in [-0.05, 0) is 18.6 Å². The van der Waals surface area contributed by atoms with E-state index in [1.165, 1.54) is 0 Å². The third-order valence-electron chi connectivity index (χ3n) is 2.28. The maximum atomic E-state index is 11.4. The fourth-order valence-electron chi connectivity index (χ4n) is 1.48. The van der Waals surface area contributed by atoms with Gasteiger partial charge in [-0.1, -0.05) is 12.1 Å². The van der Waals surface area contributed by atoms with Gasteiger partial charge in [-0.3, -0.25) is 9.78 Å². The predicted molar refractivity (Wildman–Crippen MR) is 61.1 cm³/mol. The first-order valence-corrected chi connectivity index (χ1v) is 5.54. The third kappa shape index (κ3) is 2.96. The van der Waals surface area contributed by atoms with Crippen LogP contribution in [0.3, 0.4) is 0 Å². The molecule has 2 aromatic heterocycles. The highest BCUT2D eigenvalue weighted by atomic mass is 16.5. The number of carbonyl (C=O) groups is 1. The van der Waals surface area contributed by atoms with Gasteiger partial charge in [0.2, 0.25) is 11.7 Å². The molecule has 0 spiro atoms. The van der Waals surface area contributed by atoms with Gasteiger partial charge >= 0.3 is 0 Å². The minimum absolute atomic E-state index is 0.123. The van der Waals surface area contributed by atoms with Gasteiger partial charge in [-0.2, -0.15) is 4.98 Å². The summed E-state index contributed by atoms with van der Waals surface area (Å²) in [4.78, 5) is 19.5. The summed E-state index contributed by atoms with van der Waals surface area (Å²) < 4.78 is 5.03. The van der Waals surface area contributed by atoms with Crippen molar-refractivity contribution in [1.82, 2.24) is 15.1 Å². The van der Waals surface area contributed by atoms with Gasteiger partial charge in [0.05, 0.1) is 6.42 Å². The Morgan fingerprint density at radius 2 is 2.12 bits per heavy atom. The number of Topliss-reactive ketones (excluding diaryl/α,β-unsaturated/α-hetero) is 1. The smallest absolute Gasteiger partial charge is 0.234 e. The van der Waals surface area contributed by atoms with Crippen molar-refractivity contribution in [3.05, 3.63) is 30.4 Å². The average molecular weight is 231 g/mol. The largest absolute Gasteiger partial charge is 0.339 e. The Hall–Kier alpha value is -2.04. The van der Waals surface area contributed by atoms with Crippen LogP contribution in [0.1, 0.15) is 25.7 Å². The Balaban J connectivity index is 2.09. The molecule has 0 radical (unpaired) electrons. The molecule has 0 saturated heterocycles. The Kier molecular flexibility index (Phi) is 3.59. The van der Waals surface area contributed by atoms with Gasteiger partial charge in [-0.15, -0.1) is 0 Å². The minimum atomic E-state index is 0.123. The van der Waals surface area contributed by atoms with Gasteiger partial charge in [0.1, 0.15) is 5.78 Å². The molecular weight excluding hydrogens is 218 g/mol. The van der Waals surface area contributed by atoms with Crippen molar-refractivity contribution in [2.45, 2.75) is 26.2 Å². The van der Waals surface area contributed by atoms with E-state index in [-0.39, 0.29) is 12.2 Å². The second-order valence-electron chi connectivity index (χ2n) is 3.71. The summed E-state index contributed by atoms with van der Waals surface area (Å²) in [5, 5.41) is 3.83. The van der Waals surface area contributed by atoms with Gasteiger partial charge in [0.25, 0.3) is 0 Å². The van der Waals surface area contributed by atoms with E-state index in [4.69, 9.17) is 4.52 Å². The normalized spacial score (nSPS) is 10.4. The molecule has 0 amide bonds. The summed E-state index contributed by atoms with van der Waals surface area (Å²) in [6.45, 7) is 1.97. The van der Waals surface area contributed by atoms with Crippen LogP contribution < -0.4 is 0 Å². The van der Waals surface area contributed by atoms with Crippen molar-refractivity contribution in [2.24, 2.45) is 0 Å². The number of hydrogen-bond acceptors (Lipinski definition) is 5. The van der Waals surface area contributed by atoms with E-state index in [9.17, 15) is 4.79 Å². The third-order valence-corrected chi connectivity index (χ3v) is 2.28. The van der Waals surface area contributed by atoms with Crippen LogP contribution in [0.25, 0.3) is 11.4 Å². The van der Waals surface area contributed by atoms with E-state index >= 15 is 0 Å². The molecule has 5 heteroatoms. The van der Waals surface area contributed by atoms with E-state index in [0.29, 0.717) is 18.1 Å². The highest BCUT2D eigenvalue weighted by Gasteiger charge is 2.11. The predicted octanol–water partition coefficient (Wildman–Crippen LogP) is 2.04. The van der Waals surface area contributed by atoms with Crippen molar-refractivity contribution in [2.75, 3.05) is 0 Å². The quantitative estimate of drug-likeness (QED) is 0.787. The molecule has 5 nitrogen and oxygen atoms in total. The second-order valence-corrected chi connectivity index (χ2v) is 3.71. The zero-order valence-corrected chi connectivity index (χ0v) is 9.59. The number of aromatic nitrogens is 3. The number of nitrogens with zero attached hydrogens (tertiary/aromatic N) is 3. The first-order valence-electron chi connectivity index (χ1n) is 5.54. The zero-order valence-electron chi connectivity index (χ0n) is 9.59. The van der Waals surface area contributed by atoms with Crippen molar-refractivity contribution < 1.29 is 9.32 Å². The van der Waals surface area contributed by atoms with E-state index in [1.54, 1.807) is 24.5 Å². The number of rotatable bonds is 5. The highest BCUT2D eigenvalue weighted by Crippen LogP contribution is 2.14. The standard InChI is InChI=1S/C12H13N3O2/c1-2-3-10(16)8-11-14-12(15-17-11)9-4-6-13-7-5-9/h4-7H,2-3,8H2,1H3. The molecule has 0 atom stereocenters. The second kappa shape index (κ2) is 5.34. The van der Waals surface area contributed by atoms with E-state index < -0.39 is 0 Å². The van der Waals surface area contributed by atoms with Crippen LogP contribution in [-0.2, 0) is 11.2 Å². The first kappa shape index (κ1) is 11.4. The molecule has 2 rings (SSSR count). The first-order chi connectivity index (χ1) is 8.29. The lowest BCUT2D eigenvalue weighted by atomic mass is 10.2. The minimum Gasteiger partial charge on any atom is -0.339 e. The number of hydrogen-bond donors (Lipinski definition) is 0. The van der Waals surface area contributed by atoms with Gasteiger partial charge < -0.3 is 4.52 Å². The molecule has 0 aliphatic rings. The molecule has 0 saturated carbocycles. The van der Waals surface area contributed by atoms with Crippen LogP contribution in [0.5, 0.6) is 0 Å². The topological polar surface area (TPSA) is 68.9 Å². The molecule has 2 heterocycles. The summed E-state index contributed by atoms with van der Waals surface area (Å²) in [6.07, 6.45) is 4.92. The monoisotopic (exact) mass is 231 g/mol. The lowest BCUT2D eigenvalue weighted by Crippen LogP contribution is -2.01. The molecule has 0 unspecified atom stereocenters. The Bertz CT molecular complexity index is 493. The Morgan fingerprint density at radius 3 is 2.82 bits per heavy atom. The highest BCUT2D eigenvalue weighted by molar-refractivity contribution is 5.79.